The van der Waals surface area contributed by atoms with Crippen molar-refractivity contribution in [1.29, 1.82) is 0 Å². The van der Waals surface area contributed by atoms with Crippen molar-refractivity contribution in [2.45, 2.75) is 32.2 Å². The van der Waals surface area contributed by atoms with Crippen molar-refractivity contribution in [1.82, 2.24) is 15.3 Å². The van der Waals surface area contributed by atoms with Gasteiger partial charge in [0.05, 0.1) is 30.8 Å². The lowest BCUT2D eigenvalue weighted by Gasteiger charge is -2.24. The second-order valence-electron chi connectivity index (χ2n) is 8.37. The number of halogens is 5. The number of nitrogens with one attached hydrogen (secondary N) is 2. The second-order valence-corrected chi connectivity index (χ2v) is 8.37. The number of alkyl halides is 3. The number of morpholine rings is 1. The van der Waals surface area contributed by atoms with Gasteiger partial charge >= 0.3 is 6.18 Å². The Labute approximate surface area is 204 Å². The molecule has 1 aliphatic rings. The highest BCUT2D eigenvalue weighted by molar-refractivity contribution is 5.92. The first-order valence-corrected chi connectivity index (χ1v) is 11.2. The molecule has 1 aromatic heterocycles. The first kappa shape index (κ1) is 25.8. The Hall–Kier alpha value is -3.25. The van der Waals surface area contributed by atoms with Gasteiger partial charge in [-0.05, 0) is 32.0 Å². The summed E-state index contributed by atoms with van der Waals surface area (Å²) in [5.74, 6) is -1.40. The van der Waals surface area contributed by atoms with Crippen LogP contribution in [0.2, 0.25) is 0 Å². The molecule has 36 heavy (non-hydrogen) atoms. The summed E-state index contributed by atoms with van der Waals surface area (Å²) < 4.78 is 85.3. The summed E-state index contributed by atoms with van der Waals surface area (Å²) in [6, 6.07) is 3.07. The molecular formula is C24H25F5N4O3. The van der Waals surface area contributed by atoms with Gasteiger partial charge in [0.15, 0.2) is 11.5 Å². The van der Waals surface area contributed by atoms with E-state index in [9.17, 15) is 22.0 Å². The third-order valence-electron chi connectivity index (χ3n) is 5.71. The Morgan fingerprint density at radius 3 is 2.61 bits per heavy atom. The van der Waals surface area contributed by atoms with Crippen LogP contribution in [0.25, 0.3) is 10.9 Å². The lowest BCUT2D eigenvalue weighted by molar-refractivity contribution is -0.140. The maximum atomic E-state index is 14.7. The average molecular weight is 512 g/mol. The van der Waals surface area contributed by atoms with Crippen LogP contribution in [0.15, 0.2) is 24.3 Å². The molecular weight excluding hydrogens is 487 g/mol. The minimum absolute atomic E-state index is 0.136. The number of ether oxygens (including phenoxy) is 3. The van der Waals surface area contributed by atoms with Gasteiger partial charge in [0.25, 0.3) is 0 Å². The molecule has 3 aromatic rings. The molecule has 1 aliphatic heterocycles. The second kappa shape index (κ2) is 10.4. The number of benzene rings is 2. The van der Waals surface area contributed by atoms with Crippen LogP contribution in [0, 0.1) is 18.6 Å². The zero-order valence-electron chi connectivity index (χ0n) is 19.8. The highest BCUT2D eigenvalue weighted by Gasteiger charge is 2.36. The molecule has 12 heteroatoms. The average Bonchev–Trinajstić information content (AvgIpc) is 2.83. The topological polar surface area (TPSA) is 77.5 Å². The molecule has 2 atom stereocenters. The summed E-state index contributed by atoms with van der Waals surface area (Å²) in [6.07, 6.45) is -5.20. The molecule has 4 rings (SSSR count). The van der Waals surface area contributed by atoms with E-state index < -0.39 is 35.0 Å². The van der Waals surface area contributed by atoms with Crippen molar-refractivity contribution < 1.29 is 36.2 Å². The number of nitrogens with zero attached hydrogens (tertiary/aromatic N) is 2. The Bertz CT molecular complexity index is 1250. The van der Waals surface area contributed by atoms with Gasteiger partial charge in [-0.15, -0.1) is 0 Å². The molecule has 2 aromatic carbocycles. The number of fused-ring (bicyclic) bond motifs is 1. The summed E-state index contributed by atoms with van der Waals surface area (Å²) in [6.45, 7) is 5.24. The number of methoxy groups -OCH3 is 1. The lowest BCUT2D eigenvalue weighted by atomic mass is 10.0. The van der Waals surface area contributed by atoms with Crippen molar-refractivity contribution in [3.8, 4) is 11.5 Å². The van der Waals surface area contributed by atoms with Gasteiger partial charge in [-0.1, -0.05) is 0 Å². The zero-order chi connectivity index (χ0) is 26.0. The van der Waals surface area contributed by atoms with Crippen LogP contribution in [0.5, 0.6) is 11.5 Å². The van der Waals surface area contributed by atoms with Crippen molar-refractivity contribution >= 4 is 16.7 Å². The number of aromatic nitrogens is 2. The molecule has 0 bridgehead atoms. The summed E-state index contributed by atoms with van der Waals surface area (Å²) in [4.78, 5) is 8.73. The number of anilines is 1. The van der Waals surface area contributed by atoms with Gasteiger partial charge in [0.1, 0.15) is 36.0 Å². The molecule has 7 nitrogen and oxygen atoms in total. The highest BCUT2D eigenvalue weighted by atomic mass is 19.4. The van der Waals surface area contributed by atoms with Crippen molar-refractivity contribution in [3.05, 3.63) is 52.9 Å². The molecule has 0 unspecified atom stereocenters. The zero-order valence-corrected chi connectivity index (χ0v) is 19.8. The van der Waals surface area contributed by atoms with Crippen LogP contribution >= 0.6 is 0 Å². The molecule has 2 N–H and O–H groups in total. The SMILES string of the molecule is COc1cc2nc(C)nc(N[C@H](C)c3cc(F)cc(C(F)(F)F)c3F)c2cc1OC[C@H]1CNCCO1. The van der Waals surface area contributed by atoms with Crippen LogP contribution in [-0.4, -0.2) is 49.5 Å². The van der Waals surface area contributed by atoms with Gasteiger partial charge in [-0.2, -0.15) is 13.2 Å². The van der Waals surface area contributed by atoms with Gasteiger partial charge in [0.2, 0.25) is 0 Å². The Balaban J connectivity index is 1.69. The predicted octanol–water partition coefficient (Wildman–Crippen LogP) is 4.78. The molecule has 0 amide bonds. The quantitative estimate of drug-likeness (QED) is 0.441. The first-order chi connectivity index (χ1) is 17.1. The summed E-state index contributed by atoms with van der Waals surface area (Å²) in [5.41, 5.74) is -1.69. The number of hydrogen-bond acceptors (Lipinski definition) is 7. The van der Waals surface area contributed by atoms with Crippen LogP contribution in [-0.2, 0) is 10.9 Å². The summed E-state index contributed by atoms with van der Waals surface area (Å²) in [5, 5.41) is 6.57. The Morgan fingerprint density at radius 2 is 1.94 bits per heavy atom. The van der Waals surface area contributed by atoms with E-state index in [1.54, 1.807) is 19.1 Å². The van der Waals surface area contributed by atoms with Gasteiger partial charge in [0, 0.05) is 30.1 Å². The van der Waals surface area contributed by atoms with E-state index in [2.05, 4.69) is 20.6 Å². The molecule has 1 fully saturated rings. The van der Waals surface area contributed by atoms with E-state index in [1.807, 2.05) is 0 Å². The minimum atomic E-state index is -5.04. The largest absolute Gasteiger partial charge is 0.493 e. The molecule has 0 radical (unpaired) electrons. The predicted molar refractivity (Wildman–Crippen MR) is 122 cm³/mol. The van der Waals surface area contributed by atoms with Gasteiger partial charge < -0.3 is 24.8 Å². The molecule has 194 valence electrons. The van der Waals surface area contributed by atoms with Crippen LogP contribution in [0.3, 0.4) is 0 Å². The maximum absolute atomic E-state index is 14.7. The van der Waals surface area contributed by atoms with E-state index in [0.717, 1.165) is 12.6 Å². The summed E-state index contributed by atoms with van der Waals surface area (Å²) in [7, 11) is 1.48. The minimum Gasteiger partial charge on any atom is -0.493 e. The van der Waals surface area contributed by atoms with Crippen molar-refractivity contribution in [3.63, 3.8) is 0 Å². The van der Waals surface area contributed by atoms with Crippen molar-refractivity contribution in [2.75, 3.05) is 38.7 Å². The third kappa shape index (κ3) is 5.59. The maximum Gasteiger partial charge on any atom is 0.419 e. The molecule has 1 saturated heterocycles. The van der Waals surface area contributed by atoms with E-state index in [0.29, 0.717) is 41.4 Å². The fourth-order valence-corrected chi connectivity index (χ4v) is 3.96. The third-order valence-corrected chi connectivity index (χ3v) is 5.71. The van der Waals surface area contributed by atoms with E-state index in [-0.39, 0.29) is 24.6 Å². The Morgan fingerprint density at radius 1 is 1.17 bits per heavy atom. The van der Waals surface area contributed by atoms with Gasteiger partial charge in [-0.3, -0.25) is 0 Å². The molecule has 2 heterocycles. The number of rotatable bonds is 7. The van der Waals surface area contributed by atoms with Gasteiger partial charge in [-0.25, -0.2) is 18.7 Å². The lowest BCUT2D eigenvalue weighted by Crippen LogP contribution is -2.41. The first-order valence-electron chi connectivity index (χ1n) is 11.2. The smallest absolute Gasteiger partial charge is 0.419 e. The molecule has 0 aliphatic carbocycles. The normalized spacial score (nSPS) is 17.2. The molecule has 0 spiro atoms. The fraction of sp³-hybridized carbons (Fsp3) is 0.417. The number of aryl methyl sites for hydroxylation is 1. The van der Waals surface area contributed by atoms with E-state index in [1.165, 1.54) is 14.0 Å². The number of hydrogen-bond donors (Lipinski definition) is 2. The van der Waals surface area contributed by atoms with Crippen LogP contribution < -0.4 is 20.1 Å². The highest BCUT2D eigenvalue weighted by Crippen LogP contribution is 2.38. The Kier molecular flexibility index (Phi) is 7.46. The monoisotopic (exact) mass is 512 g/mol. The summed E-state index contributed by atoms with van der Waals surface area (Å²) >= 11 is 0. The van der Waals surface area contributed by atoms with Crippen LogP contribution in [0.1, 0.15) is 29.9 Å². The van der Waals surface area contributed by atoms with Crippen molar-refractivity contribution in [2.24, 2.45) is 0 Å². The fourth-order valence-electron chi connectivity index (χ4n) is 3.96. The standard InChI is InChI=1S/C24H25F5N4O3/c1-12(16-6-14(25)7-18(22(16)26)24(27,28)29)31-23-17-8-21(36-11-15-10-30-4-5-35-15)20(34-3)9-19(17)32-13(2)33-23/h6-9,12,15,30H,4-5,10-11H2,1-3H3,(H,31,32,33)/t12-,15-/m1/s1. The molecule has 0 saturated carbocycles. The van der Waals surface area contributed by atoms with E-state index in [4.69, 9.17) is 14.2 Å². The van der Waals surface area contributed by atoms with E-state index >= 15 is 0 Å². The van der Waals surface area contributed by atoms with Crippen LogP contribution in [0.4, 0.5) is 27.8 Å².